The van der Waals surface area contributed by atoms with E-state index in [1.165, 1.54) is 23.0 Å². The van der Waals surface area contributed by atoms with Crippen molar-refractivity contribution in [1.29, 1.82) is 5.26 Å². The van der Waals surface area contributed by atoms with Gasteiger partial charge in [-0.15, -0.1) is 11.3 Å². The summed E-state index contributed by atoms with van der Waals surface area (Å²) in [7, 11) is -3.41. The third-order valence-corrected chi connectivity index (χ3v) is 8.51. The lowest BCUT2D eigenvalue weighted by Gasteiger charge is -2.13. The van der Waals surface area contributed by atoms with Crippen molar-refractivity contribution in [1.82, 2.24) is 4.98 Å². The Kier molecular flexibility index (Phi) is 7.67. The van der Waals surface area contributed by atoms with Gasteiger partial charge in [0.15, 0.2) is 5.13 Å². The normalized spacial score (nSPS) is 13.7. The summed E-state index contributed by atoms with van der Waals surface area (Å²) in [5.74, 6) is 3.00. The first-order valence-electron chi connectivity index (χ1n) is 10.2. The zero-order valence-corrected chi connectivity index (χ0v) is 21.0. The van der Waals surface area contributed by atoms with E-state index in [1.54, 1.807) is 12.1 Å². The Morgan fingerprint density at radius 1 is 0.882 bits per heavy atom. The minimum Gasteiger partial charge on any atom is -0.306 e. The highest BCUT2D eigenvalue weighted by atomic mass is 35.5. The van der Waals surface area contributed by atoms with Crippen LogP contribution in [-0.4, -0.2) is 4.98 Å². The van der Waals surface area contributed by atoms with E-state index >= 15 is 0 Å². The van der Waals surface area contributed by atoms with E-state index in [0.717, 1.165) is 16.7 Å². The van der Waals surface area contributed by atoms with Crippen LogP contribution in [0.3, 0.4) is 0 Å². The van der Waals surface area contributed by atoms with E-state index in [9.17, 15) is 4.57 Å². The van der Waals surface area contributed by atoms with Crippen molar-refractivity contribution in [3.8, 4) is 17.3 Å². The fraction of sp³-hybridized carbons (Fsp3) is 0. The molecule has 4 nitrogen and oxygen atoms in total. The molecule has 0 spiro atoms. The second-order valence-electron chi connectivity index (χ2n) is 7.23. The number of halogens is 2. The van der Waals surface area contributed by atoms with Gasteiger partial charge in [-0.05, 0) is 23.3 Å². The van der Waals surface area contributed by atoms with Crippen LogP contribution in [0.25, 0.3) is 21.3 Å². The van der Waals surface area contributed by atoms with Crippen molar-refractivity contribution in [3.05, 3.63) is 119 Å². The molecular weight excluding hydrogens is 504 g/mol. The van der Waals surface area contributed by atoms with E-state index < -0.39 is 7.29 Å². The summed E-state index contributed by atoms with van der Waals surface area (Å²) in [6.45, 7) is 0. The lowest BCUT2D eigenvalue weighted by molar-refractivity contribution is 0.589. The zero-order chi connectivity index (χ0) is 24.0. The molecule has 0 bridgehead atoms. The van der Waals surface area contributed by atoms with Gasteiger partial charge in [0.05, 0.1) is 27.4 Å². The van der Waals surface area contributed by atoms with Crippen molar-refractivity contribution in [2.45, 2.75) is 0 Å². The maximum Gasteiger partial charge on any atom is 0.217 e. The fourth-order valence-electron chi connectivity index (χ4n) is 3.11. The van der Waals surface area contributed by atoms with E-state index in [0.29, 0.717) is 26.5 Å². The van der Waals surface area contributed by atoms with Gasteiger partial charge in [0.25, 0.3) is 0 Å². The van der Waals surface area contributed by atoms with Gasteiger partial charge in [0.2, 0.25) is 7.29 Å². The number of hydrogen-bond acceptors (Lipinski definition) is 4. The summed E-state index contributed by atoms with van der Waals surface area (Å²) >= 11 is 14.4. The predicted octanol–water partition coefficient (Wildman–Crippen LogP) is 8.85. The number of hydrogen-bond donors (Lipinski definition) is 1. The van der Waals surface area contributed by atoms with E-state index in [2.05, 4.69) is 16.1 Å². The highest BCUT2D eigenvalue weighted by Crippen LogP contribution is 2.54. The smallest absolute Gasteiger partial charge is 0.217 e. The quantitative estimate of drug-likeness (QED) is 0.246. The second-order valence-corrected chi connectivity index (χ2v) is 11.1. The SMILES string of the molecule is N#Cc1ccc(-c2csc(NP(=O)(C=C(Cl)c3ccccc3)C=C(Cl)c3ccccc3)n2)cc1. The lowest BCUT2D eigenvalue weighted by Crippen LogP contribution is -1.94. The first-order valence-corrected chi connectivity index (χ1v) is 13.7. The molecular formula is C26H18Cl2N3OPS. The highest BCUT2D eigenvalue weighted by Gasteiger charge is 2.21. The summed E-state index contributed by atoms with van der Waals surface area (Å²) in [5.41, 5.74) is 3.62. The number of rotatable bonds is 7. The first kappa shape index (κ1) is 24.0. The first-order chi connectivity index (χ1) is 16.5. The molecule has 0 aliphatic heterocycles. The molecule has 0 fully saturated rings. The van der Waals surface area contributed by atoms with Crippen LogP contribution in [-0.2, 0) is 4.57 Å². The largest absolute Gasteiger partial charge is 0.306 e. The maximum atomic E-state index is 14.1. The molecule has 8 heteroatoms. The minimum absolute atomic E-state index is 0.342. The molecule has 4 aromatic rings. The van der Waals surface area contributed by atoms with Crippen molar-refractivity contribution in [3.63, 3.8) is 0 Å². The molecule has 1 heterocycles. The van der Waals surface area contributed by atoms with E-state index in [-0.39, 0.29) is 0 Å². The Morgan fingerprint density at radius 3 is 1.91 bits per heavy atom. The molecule has 1 N–H and O–H groups in total. The topological polar surface area (TPSA) is 65.8 Å². The minimum atomic E-state index is -3.41. The van der Waals surface area contributed by atoms with Gasteiger partial charge < -0.3 is 5.09 Å². The van der Waals surface area contributed by atoms with Gasteiger partial charge in [-0.3, -0.25) is 4.57 Å². The van der Waals surface area contributed by atoms with Gasteiger partial charge in [0, 0.05) is 22.6 Å². The van der Waals surface area contributed by atoms with Crippen LogP contribution in [0.1, 0.15) is 16.7 Å². The van der Waals surface area contributed by atoms with Crippen LogP contribution < -0.4 is 5.09 Å². The van der Waals surface area contributed by atoms with Crippen LogP contribution in [0.15, 0.2) is 102 Å². The molecule has 0 radical (unpaired) electrons. The van der Waals surface area contributed by atoms with Crippen LogP contribution in [0.2, 0.25) is 0 Å². The Balaban J connectivity index is 1.69. The standard InChI is InChI=1S/C26H18Cl2N3OPS/c27-23(20-7-3-1-4-8-20)16-33(32,17-24(28)21-9-5-2-6-10-21)31-26-30-25(18-34-26)22-13-11-19(15-29)12-14-22/h1-14,16-18H,(H,30,31,32). The molecule has 4 rings (SSSR count). The summed E-state index contributed by atoms with van der Waals surface area (Å²) in [4.78, 5) is 4.59. The Hall–Kier alpha value is -3.13. The summed E-state index contributed by atoms with van der Waals surface area (Å²) in [5, 5.41) is 15.1. The molecule has 0 aliphatic rings. The molecule has 0 unspecified atom stereocenters. The van der Waals surface area contributed by atoms with Gasteiger partial charge in [-0.1, -0.05) is 96.0 Å². The maximum absolute atomic E-state index is 14.1. The predicted molar refractivity (Wildman–Crippen MR) is 144 cm³/mol. The fourth-order valence-corrected chi connectivity index (χ4v) is 6.95. The molecule has 1 aromatic heterocycles. The van der Waals surface area contributed by atoms with Gasteiger partial charge in [0.1, 0.15) is 0 Å². The molecule has 0 saturated carbocycles. The van der Waals surface area contributed by atoms with E-state index in [1.807, 2.05) is 78.2 Å². The number of nitriles is 1. The van der Waals surface area contributed by atoms with Crippen molar-refractivity contribution < 1.29 is 4.57 Å². The third kappa shape index (κ3) is 6.05. The van der Waals surface area contributed by atoms with Gasteiger partial charge in [-0.2, -0.15) is 5.26 Å². The Labute approximate surface area is 212 Å². The van der Waals surface area contributed by atoms with Crippen LogP contribution >= 0.6 is 41.8 Å². The number of nitrogens with one attached hydrogen (secondary N) is 1. The Bertz CT molecular complexity index is 1370. The van der Waals surface area contributed by atoms with Crippen molar-refractivity contribution >= 4 is 57.0 Å². The second kappa shape index (κ2) is 10.9. The molecule has 0 saturated heterocycles. The van der Waals surface area contributed by atoms with Crippen LogP contribution in [0.4, 0.5) is 5.13 Å². The van der Waals surface area contributed by atoms with Crippen molar-refractivity contribution in [2.24, 2.45) is 0 Å². The summed E-state index contributed by atoms with van der Waals surface area (Å²) < 4.78 is 14.1. The third-order valence-electron chi connectivity index (χ3n) is 4.79. The molecule has 0 atom stereocenters. The number of anilines is 1. The molecule has 3 aromatic carbocycles. The van der Waals surface area contributed by atoms with Crippen molar-refractivity contribution in [2.75, 3.05) is 5.09 Å². The number of aromatic nitrogens is 1. The van der Waals surface area contributed by atoms with Crippen LogP contribution in [0, 0.1) is 11.3 Å². The number of thiazole rings is 1. The van der Waals surface area contributed by atoms with Crippen LogP contribution in [0.5, 0.6) is 0 Å². The average Bonchev–Trinajstić information content (AvgIpc) is 3.33. The summed E-state index contributed by atoms with van der Waals surface area (Å²) in [6.07, 6.45) is 0. The Morgan fingerprint density at radius 2 is 1.41 bits per heavy atom. The number of benzene rings is 3. The molecule has 34 heavy (non-hydrogen) atoms. The summed E-state index contributed by atoms with van der Waals surface area (Å²) in [6, 6.07) is 27.8. The van der Waals surface area contributed by atoms with Gasteiger partial charge >= 0.3 is 0 Å². The monoisotopic (exact) mass is 521 g/mol. The average molecular weight is 522 g/mol. The van der Waals surface area contributed by atoms with E-state index in [4.69, 9.17) is 28.5 Å². The molecule has 0 aliphatic carbocycles. The number of nitrogens with zero attached hydrogens (tertiary/aromatic N) is 2. The molecule has 168 valence electrons. The highest BCUT2D eigenvalue weighted by molar-refractivity contribution is 7.72. The molecule has 0 amide bonds. The van der Waals surface area contributed by atoms with Gasteiger partial charge in [-0.25, -0.2) is 4.98 Å². The zero-order valence-electron chi connectivity index (χ0n) is 17.7. The lowest BCUT2D eigenvalue weighted by atomic mass is 10.1.